The summed E-state index contributed by atoms with van der Waals surface area (Å²) in [6.07, 6.45) is 2.11. The zero-order chi connectivity index (χ0) is 15.3. The molecule has 114 valence electrons. The van der Waals surface area contributed by atoms with E-state index in [9.17, 15) is 8.42 Å². The number of benzene rings is 1. The minimum absolute atomic E-state index is 0.117. The van der Waals surface area contributed by atoms with Crippen molar-refractivity contribution in [2.75, 3.05) is 12.8 Å². The van der Waals surface area contributed by atoms with Gasteiger partial charge in [-0.1, -0.05) is 37.3 Å². The molecule has 1 unspecified atom stereocenters. The highest BCUT2D eigenvalue weighted by Crippen LogP contribution is 2.21. The summed E-state index contributed by atoms with van der Waals surface area (Å²) in [6, 6.07) is 9.50. The Hall–Kier alpha value is -1.73. The first kappa shape index (κ1) is 15.7. The van der Waals surface area contributed by atoms with E-state index in [4.69, 9.17) is 4.42 Å². The van der Waals surface area contributed by atoms with Crippen LogP contribution in [0.25, 0.3) is 0 Å². The molecule has 1 N–H and O–H groups in total. The second-order valence-corrected chi connectivity index (χ2v) is 7.04. The van der Waals surface area contributed by atoms with Gasteiger partial charge in [-0.2, -0.15) is 0 Å². The highest BCUT2D eigenvalue weighted by atomic mass is 32.2. The SMILES string of the molecule is CCCNC(c1ccccc1)c1nnc(CS(C)(=O)=O)o1. The van der Waals surface area contributed by atoms with E-state index in [2.05, 4.69) is 22.4 Å². The molecule has 6 nitrogen and oxygen atoms in total. The Balaban J connectivity index is 2.25. The topological polar surface area (TPSA) is 85.1 Å². The molecular weight excluding hydrogens is 290 g/mol. The van der Waals surface area contributed by atoms with Gasteiger partial charge in [0, 0.05) is 6.26 Å². The molecule has 2 rings (SSSR count). The molecule has 0 amide bonds. The minimum atomic E-state index is -3.19. The quantitative estimate of drug-likeness (QED) is 0.838. The van der Waals surface area contributed by atoms with Gasteiger partial charge in [-0.05, 0) is 18.5 Å². The van der Waals surface area contributed by atoms with Crippen LogP contribution in [-0.2, 0) is 15.6 Å². The van der Waals surface area contributed by atoms with E-state index >= 15 is 0 Å². The summed E-state index contributed by atoms with van der Waals surface area (Å²) >= 11 is 0. The fourth-order valence-corrected chi connectivity index (χ4v) is 2.51. The zero-order valence-electron chi connectivity index (χ0n) is 12.1. The van der Waals surface area contributed by atoms with E-state index in [-0.39, 0.29) is 17.7 Å². The molecule has 0 saturated heterocycles. The predicted octanol–water partition coefficient (Wildman–Crippen LogP) is 1.70. The van der Waals surface area contributed by atoms with Crippen molar-refractivity contribution in [3.05, 3.63) is 47.7 Å². The van der Waals surface area contributed by atoms with Crippen LogP contribution < -0.4 is 5.32 Å². The number of rotatable bonds is 7. The summed E-state index contributed by atoms with van der Waals surface area (Å²) in [4.78, 5) is 0. The highest BCUT2D eigenvalue weighted by Gasteiger charge is 2.21. The van der Waals surface area contributed by atoms with Gasteiger partial charge in [-0.3, -0.25) is 0 Å². The zero-order valence-corrected chi connectivity index (χ0v) is 12.9. The second kappa shape index (κ2) is 6.82. The minimum Gasteiger partial charge on any atom is -0.422 e. The average Bonchev–Trinajstić information content (AvgIpc) is 2.86. The van der Waals surface area contributed by atoms with Gasteiger partial charge in [-0.15, -0.1) is 10.2 Å². The Morgan fingerprint density at radius 3 is 2.57 bits per heavy atom. The van der Waals surface area contributed by atoms with Crippen molar-refractivity contribution in [3.8, 4) is 0 Å². The van der Waals surface area contributed by atoms with Crippen molar-refractivity contribution >= 4 is 9.84 Å². The lowest BCUT2D eigenvalue weighted by Gasteiger charge is -2.14. The first-order valence-corrected chi connectivity index (χ1v) is 8.84. The molecule has 0 saturated carbocycles. The van der Waals surface area contributed by atoms with Crippen LogP contribution in [0.1, 0.15) is 36.7 Å². The maximum Gasteiger partial charge on any atom is 0.237 e. The van der Waals surface area contributed by atoms with E-state index in [0.29, 0.717) is 5.89 Å². The monoisotopic (exact) mass is 309 g/mol. The van der Waals surface area contributed by atoms with Gasteiger partial charge in [-0.25, -0.2) is 8.42 Å². The van der Waals surface area contributed by atoms with E-state index < -0.39 is 9.84 Å². The largest absolute Gasteiger partial charge is 0.422 e. The van der Waals surface area contributed by atoms with Crippen molar-refractivity contribution in [3.63, 3.8) is 0 Å². The van der Waals surface area contributed by atoms with Gasteiger partial charge in [0.15, 0.2) is 9.84 Å². The van der Waals surface area contributed by atoms with Crippen LogP contribution in [0.2, 0.25) is 0 Å². The Bertz CT molecular complexity index is 668. The maximum absolute atomic E-state index is 11.3. The van der Waals surface area contributed by atoms with Crippen LogP contribution in [0.4, 0.5) is 0 Å². The lowest BCUT2D eigenvalue weighted by molar-refractivity contribution is 0.412. The van der Waals surface area contributed by atoms with E-state index in [0.717, 1.165) is 24.8 Å². The molecular formula is C14H19N3O3S. The third-order valence-electron chi connectivity index (χ3n) is 2.85. The maximum atomic E-state index is 11.3. The molecule has 1 atom stereocenters. The molecule has 21 heavy (non-hydrogen) atoms. The molecule has 2 aromatic rings. The molecule has 1 aromatic carbocycles. The molecule has 1 heterocycles. The number of sulfone groups is 1. The van der Waals surface area contributed by atoms with Gasteiger partial charge in [0.05, 0.1) is 0 Å². The molecule has 0 fully saturated rings. The summed E-state index contributed by atoms with van der Waals surface area (Å²) in [7, 11) is -3.19. The summed E-state index contributed by atoms with van der Waals surface area (Å²) in [5.41, 5.74) is 1.00. The summed E-state index contributed by atoms with van der Waals surface area (Å²) < 4.78 is 28.1. The molecule has 1 aromatic heterocycles. The Kier molecular flexibility index (Phi) is 5.08. The number of hydrogen-bond acceptors (Lipinski definition) is 6. The van der Waals surface area contributed by atoms with E-state index in [1.807, 2.05) is 30.3 Å². The Labute approximate surface area is 124 Å². The molecule has 0 aliphatic heterocycles. The van der Waals surface area contributed by atoms with Crippen LogP contribution in [0.15, 0.2) is 34.7 Å². The highest BCUT2D eigenvalue weighted by molar-refractivity contribution is 7.89. The molecule has 0 aliphatic rings. The number of hydrogen-bond donors (Lipinski definition) is 1. The number of aromatic nitrogens is 2. The number of nitrogens with zero attached hydrogens (tertiary/aromatic N) is 2. The standard InChI is InChI=1S/C14H19N3O3S/c1-3-9-15-13(11-7-5-4-6-8-11)14-17-16-12(20-14)10-21(2,18)19/h4-8,13,15H,3,9-10H2,1-2H3. The van der Waals surface area contributed by atoms with Crippen LogP contribution in [0, 0.1) is 0 Å². The molecule has 0 radical (unpaired) electrons. The van der Waals surface area contributed by atoms with Gasteiger partial charge in [0.25, 0.3) is 0 Å². The summed E-state index contributed by atoms with van der Waals surface area (Å²) in [5, 5.41) is 11.1. The third kappa shape index (κ3) is 4.64. The fourth-order valence-electron chi connectivity index (χ4n) is 1.95. The van der Waals surface area contributed by atoms with Crippen LogP contribution in [0.5, 0.6) is 0 Å². The number of nitrogens with one attached hydrogen (secondary N) is 1. The van der Waals surface area contributed by atoms with Crippen molar-refractivity contribution < 1.29 is 12.8 Å². The first-order valence-electron chi connectivity index (χ1n) is 6.78. The van der Waals surface area contributed by atoms with Gasteiger partial charge in [0.2, 0.25) is 11.8 Å². The van der Waals surface area contributed by atoms with E-state index in [1.165, 1.54) is 0 Å². The van der Waals surface area contributed by atoms with Gasteiger partial charge < -0.3 is 9.73 Å². The lowest BCUT2D eigenvalue weighted by Crippen LogP contribution is -2.23. The third-order valence-corrected chi connectivity index (χ3v) is 3.62. The normalized spacial score (nSPS) is 13.2. The molecule has 0 aliphatic carbocycles. The van der Waals surface area contributed by atoms with E-state index in [1.54, 1.807) is 0 Å². The first-order chi connectivity index (χ1) is 9.99. The fraction of sp³-hybridized carbons (Fsp3) is 0.429. The van der Waals surface area contributed by atoms with Crippen molar-refractivity contribution in [2.24, 2.45) is 0 Å². The average molecular weight is 309 g/mol. The summed E-state index contributed by atoms with van der Waals surface area (Å²) in [5.74, 6) is 0.259. The van der Waals surface area contributed by atoms with Crippen molar-refractivity contribution in [1.29, 1.82) is 0 Å². The summed E-state index contributed by atoms with van der Waals surface area (Å²) in [6.45, 7) is 2.86. The molecule has 7 heteroatoms. The van der Waals surface area contributed by atoms with Crippen LogP contribution >= 0.6 is 0 Å². The smallest absolute Gasteiger partial charge is 0.237 e. The van der Waals surface area contributed by atoms with Gasteiger partial charge in [0.1, 0.15) is 11.8 Å². The molecule has 0 bridgehead atoms. The second-order valence-electron chi connectivity index (χ2n) is 4.90. The predicted molar refractivity (Wildman–Crippen MR) is 79.4 cm³/mol. The lowest BCUT2D eigenvalue weighted by atomic mass is 10.1. The van der Waals surface area contributed by atoms with Crippen molar-refractivity contribution in [1.82, 2.24) is 15.5 Å². The molecule has 0 spiro atoms. The van der Waals surface area contributed by atoms with Crippen LogP contribution in [0.3, 0.4) is 0 Å². The van der Waals surface area contributed by atoms with Gasteiger partial charge >= 0.3 is 0 Å². The van der Waals surface area contributed by atoms with Crippen molar-refractivity contribution in [2.45, 2.75) is 25.1 Å². The Morgan fingerprint density at radius 1 is 1.24 bits per heavy atom. The van der Waals surface area contributed by atoms with Crippen LogP contribution in [-0.4, -0.2) is 31.4 Å². The Morgan fingerprint density at radius 2 is 1.95 bits per heavy atom.